The Balaban J connectivity index is 1.57. The van der Waals surface area contributed by atoms with E-state index in [1.165, 1.54) is 11.1 Å². The van der Waals surface area contributed by atoms with Crippen LogP contribution < -0.4 is 10.1 Å². The van der Waals surface area contributed by atoms with Crippen molar-refractivity contribution in [2.24, 2.45) is 0 Å². The monoisotopic (exact) mass is 293 g/mol. The molecule has 0 spiro atoms. The zero-order chi connectivity index (χ0) is 15.4. The number of benzene rings is 2. The quantitative estimate of drug-likeness (QED) is 0.879. The zero-order valence-corrected chi connectivity index (χ0v) is 12.6. The Morgan fingerprint density at radius 1 is 1.27 bits per heavy atom. The highest BCUT2D eigenvalue weighted by Crippen LogP contribution is 2.26. The third-order valence-electron chi connectivity index (χ3n) is 3.69. The van der Waals surface area contributed by atoms with Crippen LogP contribution in [0, 0.1) is 6.92 Å². The van der Waals surface area contributed by atoms with E-state index in [2.05, 4.69) is 17.4 Å². The lowest BCUT2D eigenvalue weighted by molar-refractivity contribution is -0.116. The van der Waals surface area contributed by atoms with Crippen molar-refractivity contribution in [1.29, 1.82) is 0 Å². The Morgan fingerprint density at radius 2 is 2.18 bits per heavy atom. The van der Waals surface area contributed by atoms with Crippen molar-refractivity contribution in [2.75, 3.05) is 6.61 Å². The molecule has 3 nitrogen and oxygen atoms in total. The second-order valence-electron chi connectivity index (χ2n) is 5.51. The topological polar surface area (TPSA) is 38.3 Å². The van der Waals surface area contributed by atoms with Gasteiger partial charge in [0.05, 0.1) is 6.61 Å². The van der Waals surface area contributed by atoms with Crippen molar-refractivity contribution in [3.05, 3.63) is 70.8 Å². The van der Waals surface area contributed by atoms with Crippen molar-refractivity contribution in [1.82, 2.24) is 5.32 Å². The van der Waals surface area contributed by atoms with Crippen molar-refractivity contribution in [3.8, 4) is 5.75 Å². The fraction of sp³-hybridized carbons (Fsp3) is 0.211. The molecule has 22 heavy (non-hydrogen) atoms. The number of amides is 1. The normalized spacial score (nSPS) is 13.0. The van der Waals surface area contributed by atoms with E-state index < -0.39 is 0 Å². The lowest BCUT2D eigenvalue weighted by Gasteiger charge is -2.03. The number of nitrogens with one attached hydrogen (secondary N) is 1. The van der Waals surface area contributed by atoms with E-state index in [0.717, 1.165) is 29.9 Å². The minimum Gasteiger partial charge on any atom is -0.493 e. The summed E-state index contributed by atoms with van der Waals surface area (Å²) in [6.45, 7) is 3.34. The lowest BCUT2D eigenvalue weighted by Crippen LogP contribution is -2.20. The average Bonchev–Trinajstić information content (AvgIpc) is 2.98. The summed E-state index contributed by atoms with van der Waals surface area (Å²) in [7, 11) is 0. The van der Waals surface area contributed by atoms with Gasteiger partial charge < -0.3 is 10.1 Å². The number of aryl methyl sites for hydroxylation is 1. The first kappa shape index (κ1) is 14.4. The van der Waals surface area contributed by atoms with E-state index in [1.807, 2.05) is 43.3 Å². The second kappa shape index (κ2) is 6.48. The van der Waals surface area contributed by atoms with Gasteiger partial charge >= 0.3 is 0 Å². The van der Waals surface area contributed by atoms with Gasteiger partial charge in [-0.15, -0.1) is 0 Å². The van der Waals surface area contributed by atoms with Crippen molar-refractivity contribution in [2.45, 2.75) is 19.9 Å². The number of carbonyl (C=O) groups is 1. The summed E-state index contributed by atoms with van der Waals surface area (Å²) in [4.78, 5) is 11.9. The highest BCUT2D eigenvalue weighted by atomic mass is 16.5. The molecule has 2 aromatic carbocycles. The van der Waals surface area contributed by atoms with Crippen molar-refractivity contribution < 1.29 is 9.53 Å². The number of ether oxygens (including phenoxy) is 1. The summed E-state index contributed by atoms with van der Waals surface area (Å²) in [5.74, 6) is 0.874. The third-order valence-corrected chi connectivity index (χ3v) is 3.69. The third kappa shape index (κ3) is 3.55. The average molecular weight is 293 g/mol. The molecule has 0 aliphatic carbocycles. The molecule has 0 aromatic heterocycles. The Bertz CT molecular complexity index is 719. The Labute approximate surface area is 130 Å². The number of rotatable bonds is 4. The molecule has 1 aliphatic rings. The van der Waals surface area contributed by atoms with Gasteiger partial charge in [0, 0.05) is 19.0 Å². The van der Waals surface area contributed by atoms with Crippen LogP contribution in [0.2, 0.25) is 0 Å². The molecule has 0 radical (unpaired) electrons. The van der Waals surface area contributed by atoms with Crippen LogP contribution in [-0.2, 0) is 17.8 Å². The van der Waals surface area contributed by atoms with E-state index in [-0.39, 0.29) is 5.91 Å². The summed E-state index contributed by atoms with van der Waals surface area (Å²) in [5.41, 5.74) is 4.54. The molecular weight excluding hydrogens is 274 g/mol. The fourth-order valence-electron chi connectivity index (χ4n) is 2.55. The van der Waals surface area contributed by atoms with Gasteiger partial charge in [-0.05, 0) is 41.8 Å². The number of fused-ring (bicyclic) bond motifs is 1. The zero-order valence-electron chi connectivity index (χ0n) is 12.6. The lowest BCUT2D eigenvalue weighted by atomic mass is 10.1. The van der Waals surface area contributed by atoms with Crippen LogP contribution in [-0.4, -0.2) is 12.5 Å². The summed E-state index contributed by atoms with van der Waals surface area (Å²) in [6.07, 6.45) is 4.36. The first-order valence-corrected chi connectivity index (χ1v) is 7.48. The van der Waals surface area contributed by atoms with E-state index in [1.54, 1.807) is 6.08 Å². The standard InChI is InChI=1S/C19H19NO2/c1-14-3-2-4-16(11-14)13-20-19(21)8-6-15-5-7-18-17(12-15)9-10-22-18/h2-8,11-12H,9-10,13H2,1H3,(H,20,21)/b8-6+. The molecule has 3 rings (SSSR count). The molecular formula is C19H19NO2. The van der Waals surface area contributed by atoms with Gasteiger partial charge in [0.15, 0.2) is 0 Å². The first-order chi connectivity index (χ1) is 10.7. The maximum atomic E-state index is 11.9. The smallest absolute Gasteiger partial charge is 0.244 e. The van der Waals surface area contributed by atoms with Gasteiger partial charge in [0.1, 0.15) is 5.75 Å². The molecule has 0 atom stereocenters. The summed E-state index contributed by atoms with van der Waals surface area (Å²) < 4.78 is 5.47. The van der Waals surface area contributed by atoms with E-state index >= 15 is 0 Å². The van der Waals surface area contributed by atoms with Crippen LogP contribution in [0.4, 0.5) is 0 Å². The van der Waals surface area contributed by atoms with Crippen LogP contribution in [0.3, 0.4) is 0 Å². The number of carbonyl (C=O) groups excluding carboxylic acids is 1. The number of hydrogen-bond donors (Lipinski definition) is 1. The van der Waals surface area contributed by atoms with Crippen LogP contribution >= 0.6 is 0 Å². The Morgan fingerprint density at radius 3 is 3.05 bits per heavy atom. The summed E-state index contributed by atoms with van der Waals surface area (Å²) >= 11 is 0. The molecule has 112 valence electrons. The molecule has 0 saturated carbocycles. The summed E-state index contributed by atoms with van der Waals surface area (Å²) in [6, 6.07) is 14.1. The van der Waals surface area contributed by atoms with E-state index in [4.69, 9.17) is 4.74 Å². The minimum absolute atomic E-state index is 0.0849. The van der Waals surface area contributed by atoms with Gasteiger partial charge in [0.25, 0.3) is 0 Å². The molecule has 2 aromatic rings. The van der Waals surface area contributed by atoms with Crippen molar-refractivity contribution in [3.63, 3.8) is 0 Å². The molecule has 0 saturated heterocycles. The van der Waals surface area contributed by atoms with Gasteiger partial charge in [0.2, 0.25) is 5.91 Å². The second-order valence-corrected chi connectivity index (χ2v) is 5.51. The van der Waals surface area contributed by atoms with Crippen LogP contribution in [0.15, 0.2) is 48.5 Å². The van der Waals surface area contributed by atoms with Crippen LogP contribution in [0.1, 0.15) is 22.3 Å². The molecule has 1 amide bonds. The molecule has 1 aliphatic heterocycles. The van der Waals surface area contributed by atoms with E-state index in [9.17, 15) is 4.79 Å². The fourth-order valence-corrected chi connectivity index (χ4v) is 2.55. The largest absolute Gasteiger partial charge is 0.493 e. The predicted octanol–water partition coefficient (Wildman–Crippen LogP) is 3.26. The molecule has 0 fully saturated rings. The predicted molar refractivity (Wildman–Crippen MR) is 87.7 cm³/mol. The molecule has 0 unspecified atom stereocenters. The molecule has 0 bridgehead atoms. The van der Waals surface area contributed by atoms with Gasteiger partial charge in [-0.25, -0.2) is 0 Å². The van der Waals surface area contributed by atoms with Gasteiger partial charge in [-0.3, -0.25) is 4.79 Å². The molecule has 1 heterocycles. The maximum absolute atomic E-state index is 11.9. The van der Waals surface area contributed by atoms with Gasteiger partial charge in [-0.2, -0.15) is 0 Å². The molecule has 1 N–H and O–H groups in total. The Kier molecular flexibility index (Phi) is 4.24. The number of hydrogen-bond acceptors (Lipinski definition) is 2. The maximum Gasteiger partial charge on any atom is 0.244 e. The minimum atomic E-state index is -0.0849. The van der Waals surface area contributed by atoms with Crippen LogP contribution in [0.25, 0.3) is 6.08 Å². The SMILES string of the molecule is Cc1cccc(CNC(=O)/C=C/c2ccc3c(c2)CCO3)c1. The Hall–Kier alpha value is -2.55. The highest BCUT2D eigenvalue weighted by Gasteiger charge is 2.11. The van der Waals surface area contributed by atoms with E-state index in [0.29, 0.717) is 6.54 Å². The van der Waals surface area contributed by atoms with Gasteiger partial charge in [-0.1, -0.05) is 35.9 Å². The molecule has 3 heteroatoms. The highest BCUT2D eigenvalue weighted by molar-refractivity contribution is 5.91. The van der Waals surface area contributed by atoms with Crippen molar-refractivity contribution >= 4 is 12.0 Å². The first-order valence-electron chi connectivity index (χ1n) is 7.48. The summed E-state index contributed by atoms with van der Waals surface area (Å²) in [5, 5.41) is 2.90. The van der Waals surface area contributed by atoms with Crippen LogP contribution in [0.5, 0.6) is 5.75 Å².